The van der Waals surface area contributed by atoms with E-state index in [2.05, 4.69) is 11.8 Å². The number of ketones is 2. The van der Waals surface area contributed by atoms with Crippen LogP contribution < -0.4 is 10.6 Å². The molecule has 5 rings (SSSR count). The van der Waals surface area contributed by atoms with E-state index in [-0.39, 0.29) is 29.7 Å². The summed E-state index contributed by atoms with van der Waals surface area (Å²) in [5.74, 6) is -5.76. The Morgan fingerprint density at radius 3 is 2.35 bits per heavy atom. The topological polar surface area (TPSA) is 168 Å². The van der Waals surface area contributed by atoms with Gasteiger partial charge in [-0.15, -0.1) is 0 Å². The molecule has 1 fully saturated rings. The second kappa shape index (κ2) is 11.3. The Hall–Kier alpha value is -3.41. The van der Waals surface area contributed by atoms with Crippen molar-refractivity contribution in [2.24, 2.45) is 23.5 Å². The number of unbranched alkanes of at least 4 members (excludes halogenated alkanes) is 1. The smallest absolute Gasteiger partial charge is 0.255 e. The fourth-order valence-corrected chi connectivity index (χ4v) is 7.58. The van der Waals surface area contributed by atoms with Crippen molar-refractivity contribution in [2.45, 2.75) is 63.6 Å². The monoisotopic (exact) mass is 596 g/mol. The van der Waals surface area contributed by atoms with E-state index < -0.39 is 58.0 Å². The highest BCUT2D eigenvalue weighted by atomic mass is 16.3. The Labute approximate surface area is 252 Å². The number of aliphatic hydroxyl groups is 3. The van der Waals surface area contributed by atoms with Gasteiger partial charge in [-0.05, 0) is 81.8 Å². The van der Waals surface area contributed by atoms with Crippen LogP contribution >= 0.6 is 0 Å². The summed E-state index contributed by atoms with van der Waals surface area (Å²) in [4.78, 5) is 45.7. The zero-order valence-corrected chi connectivity index (χ0v) is 25.7. The molecule has 6 N–H and O–H groups in total. The third kappa shape index (κ3) is 5.01. The quantitative estimate of drug-likeness (QED) is 0.253. The van der Waals surface area contributed by atoms with Gasteiger partial charge in [0.15, 0.2) is 11.4 Å². The van der Waals surface area contributed by atoms with Gasteiger partial charge in [0.2, 0.25) is 5.78 Å². The summed E-state index contributed by atoms with van der Waals surface area (Å²) >= 11 is 0. The first-order valence-corrected chi connectivity index (χ1v) is 15.2. The van der Waals surface area contributed by atoms with Crippen LogP contribution in [0.1, 0.15) is 60.5 Å². The molecule has 0 heterocycles. The molecule has 4 aliphatic carbocycles. The van der Waals surface area contributed by atoms with Gasteiger partial charge in [-0.1, -0.05) is 13.3 Å². The Morgan fingerprint density at radius 2 is 1.79 bits per heavy atom. The largest absolute Gasteiger partial charge is 0.510 e. The molecule has 0 spiro atoms. The first-order chi connectivity index (χ1) is 20.2. The fraction of sp³-hybridized carbons (Fsp3) is 0.594. The highest BCUT2D eigenvalue weighted by Crippen LogP contribution is 2.53. The molecule has 1 amide bonds. The Morgan fingerprint density at radius 1 is 1.12 bits per heavy atom. The van der Waals surface area contributed by atoms with E-state index >= 15 is 0 Å². The number of carbonyl (C=O) groups is 3. The van der Waals surface area contributed by atoms with Crippen LogP contribution in [-0.2, 0) is 22.6 Å². The number of benzene rings is 1. The minimum atomic E-state index is -2.65. The Kier molecular flexibility index (Phi) is 8.12. The maximum absolute atomic E-state index is 14.1. The van der Waals surface area contributed by atoms with Gasteiger partial charge in [0, 0.05) is 44.4 Å². The molecule has 0 aliphatic heterocycles. The number of phenolic OH excluding ortho intramolecular Hbond substituents is 1. The number of allylic oxidation sites excluding steroid dienone is 1. The predicted molar refractivity (Wildman–Crippen MR) is 161 cm³/mol. The van der Waals surface area contributed by atoms with Crippen molar-refractivity contribution in [3.05, 3.63) is 45.4 Å². The van der Waals surface area contributed by atoms with Crippen LogP contribution in [0.3, 0.4) is 0 Å². The molecular weight excluding hydrogens is 552 g/mol. The van der Waals surface area contributed by atoms with E-state index in [1.165, 1.54) is 12.8 Å². The highest BCUT2D eigenvalue weighted by Gasteiger charge is 2.63. The van der Waals surface area contributed by atoms with Gasteiger partial charge in [-0.3, -0.25) is 24.2 Å². The molecule has 0 saturated heterocycles. The van der Waals surface area contributed by atoms with E-state index in [0.717, 1.165) is 37.2 Å². The first-order valence-electron chi connectivity index (χ1n) is 15.2. The number of Topliss-reactive ketones (excluding diaryl/α,β-unsaturated/α-hetero) is 2. The molecule has 1 aromatic rings. The molecule has 11 nitrogen and oxygen atoms in total. The number of aromatic hydroxyl groups is 1. The molecule has 43 heavy (non-hydrogen) atoms. The van der Waals surface area contributed by atoms with Gasteiger partial charge < -0.3 is 31.1 Å². The number of fused-ring (bicyclic) bond motifs is 3. The summed E-state index contributed by atoms with van der Waals surface area (Å²) in [6.45, 7) is 4.70. The van der Waals surface area contributed by atoms with E-state index in [4.69, 9.17) is 5.73 Å². The van der Waals surface area contributed by atoms with Gasteiger partial charge in [0.25, 0.3) is 5.91 Å². The molecule has 4 atom stereocenters. The van der Waals surface area contributed by atoms with Gasteiger partial charge >= 0.3 is 0 Å². The molecule has 0 radical (unpaired) electrons. The third-order valence-corrected chi connectivity index (χ3v) is 9.66. The zero-order valence-electron chi connectivity index (χ0n) is 25.7. The van der Waals surface area contributed by atoms with Gasteiger partial charge in [-0.2, -0.15) is 0 Å². The molecule has 11 heteroatoms. The lowest BCUT2D eigenvalue weighted by Crippen LogP contribution is -2.63. The lowest BCUT2D eigenvalue weighted by atomic mass is 9.58. The minimum Gasteiger partial charge on any atom is -0.510 e. The number of phenols is 1. The maximum atomic E-state index is 14.1. The molecular formula is C32H44N4O7. The van der Waals surface area contributed by atoms with E-state index in [9.17, 15) is 34.8 Å². The molecule has 1 aromatic carbocycles. The van der Waals surface area contributed by atoms with Crippen molar-refractivity contribution in [3.63, 3.8) is 0 Å². The first kappa shape index (κ1) is 31.0. The molecule has 4 aliphatic rings. The van der Waals surface area contributed by atoms with Crippen LogP contribution in [0, 0.1) is 17.8 Å². The van der Waals surface area contributed by atoms with Crippen molar-refractivity contribution in [2.75, 3.05) is 46.2 Å². The summed E-state index contributed by atoms with van der Waals surface area (Å²) in [6.07, 6.45) is 4.91. The van der Waals surface area contributed by atoms with E-state index in [1.807, 2.05) is 19.0 Å². The number of aliphatic hydroxyl groups excluding tert-OH is 2. The van der Waals surface area contributed by atoms with Crippen LogP contribution in [0.2, 0.25) is 0 Å². The fourth-order valence-electron chi connectivity index (χ4n) is 7.58. The molecule has 0 bridgehead atoms. The van der Waals surface area contributed by atoms with Crippen LogP contribution in [0.15, 0.2) is 28.7 Å². The number of anilines is 1. The molecule has 1 saturated carbocycles. The average Bonchev–Trinajstić information content (AvgIpc) is 3.72. The lowest BCUT2D eigenvalue weighted by molar-refractivity contribution is -0.148. The summed E-state index contributed by atoms with van der Waals surface area (Å²) in [5, 5.41) is 45.6. The van der Waals surface area contributed by atoms with Crippen molar-refractivity contribution < 1.29 is 34.8 Å². The van der Waals surface area contributed by atoms with E-state index in [1.54, 1.807) is 25.1 Å². The Bertz CT molecular complexity index is 1430. The van der Waals surface area contributed by atoms with Crippen molar-refractivity contribution in [1.82, 2.24) is 9.80 Å². The summed E-state index contributed by atoms with van der Waals surface area (Å²) < 4.78 is 0. The summed E-state index contributed by atoms with van der Waals surface area (Å²) in [6, 6.07) is 0.601. The minimum absolute atomic E-state index is 0.0375. The third-order valence-electron chi connectivity index (χ3n) is 9.66. The predicted octanol–water partition coefficient (Wildman–Crippen LogP) is 2.20. The number of rotatable bonds is 10. The second-order valence-electron chi connectivity index (χ2n) is 13.1. The average molecular weight is 597 g/mol. The second-order valence-corrected chi connectivity index (χ2v) is 13.1. The van der Waals surface area contributed by atoms with Crippen LogP contribution in [0.25, 0.3) is 0 Å². The van der Waals surface area contributed by atoms with Gasteiger partial charge in [0.1, 0.15) is 22.8 Å². The van der Waals surface area contributed by atoms with Gasteiger partial charge in [0.05, 0.1) is 11.6 Å². The lowest BCUT2D eigenvalue weighted by Gasteiger charge is -2.50. The Balaban J connectivity index is 1.63. The van der Waals surface area contributed by atoms with Crippen molar-refractivity contribution >= 4 is 23.2 Å². The number of carbonyl (C=O) groups excluding carboxylic acids is 3. The molecule has 0 aromatic heterocycles. The zero-order chi connectivity index (χ0) is 31.5. The van der Waals surface area contributed by atoms with Crippen LogP contribution in [0.4, 0.5) is 5.69 Å². The van der Waals surface area contributed by atoms with Crippen molar-refractivity contribution in [3.8, 4) is 5.75 Å². The maximum Gasteiger partial charge on any atom is 0.255 e. The van der Waals surface area contributed by atoms with E-state index in [0.29, 0.717) is 18.0 Å². The molecule has 0 unspecified atom stereocenters. The number of likely N-dealkylation sites (N-methyl/N-ethyl adjacent to an activating group) is 1. The number of hydrogen-bond acceptors (Lipinski definition) is 10. The standard InChI is InChI=1S/C32H44N4O7/c1-6-7-10-36(14-16-8-9-16)15-18-13-21(37)23-19(25(18)34(2)3)11-17-12-20-26(35(4)5)28(39)24(31(33)42)30(41)32(20,43)29(40)22(17)27(23)38/h13,16-17,20,26,37,39-40,43H,6-12,14-15H2,1-5H3,(H2,33,42)/t17-,20-,26-,32-/m0/s1. The summed E-state index contributed by atoms with van der Waals surface area (Å²) in [7, 11) is 7.04. The SMILES string of the molecule is CCCCN(Cc1cc(O)c2c(c1N(C)C)C[C@H]1C[C@H]3[C@H](N(C)C)C(O)=C(C(N)=O)C(=O)[C@@]3(O)C(O)=C1C2=O)CC1CC1. The van der Waals surface area contributed by atoms with Crippen LogP contribution in [0.5, 0.6) is 5.75 Å². The number of nitrogens with two attached hydrogens (primary N) is 1. The van der Waals surface area contributed by atoms with Crippen molar-refractivity contribution in [1.29, 1.82) is 0 Å². The summed E-state index contributed by atoms with van der Waals surface area (Å²) in [5.41, 5.74) is 4.24. The number of amides is 1. The van der Waals surface area contributed by atoms with Gasteiger partial charge in [-0.25, -0.2) is 0 Å². The van der Waals surface area contributed by atoms with Crippen LogP contribution in [-0.4, -0.2) is 101 Å². The number of primary amides is 1. The normalized spacial score (nSPS) is 27.0. The molecule has 234 valence electrons. The number of nitrogens with zero attached hydrogens (tertiary/aromatic N) is 3. The number of hydrogen-bond donors (Lipinski definition) is 5. The highest BCUT2D eigenvalue weighted by molar-refractivity contribution is 6.24.